The van der Waals surface area contributed by atoms with E-state index in [9.17, 15) is 14.1 Å². The highest BCUT2D eigenvalue weighted by atomic mass is 27.5. The zero-order chi connectivity index (χ0) is 14.9. The maximum absolute atomic E-state index is 9.85. The molecule has 0 aliphatic carbocycles. The molecule has 1 heterocycles. The first-order valence-corrected chi connectivity index (χ1v) is 8.90. The molecule has 0 saturated carbocycles. The number of unbranched alkanes of at least 4 members (excludes halogenated alkanes) is 4. The van der Waals surface area contributed by atoms with E-state index in [2.05, 4.69) is 25.9 Å². The van der Waals surface area contributed by atoms with Crippen LogP contribution in [0, 0.1) is 0 Å². The summed E-state index contributed by atoms with van der Waals surface area (Å²) in [5, 5.41) is 0. The fourth-order valence-corrected chi connectivity index (χ4v) is 2.46. The van der Waals surface area contributed by atoms with Gasteiger partial charge in [0.1, 0.15) is 6.17 Å². The van der Waals surface area contributed by atoms with E-state index in [4.69, 9.17) is 0 Å². The standard InChI is InChI=1S/C12H26N2.Al.4FH/c1-4-5-6-7-8-9-12-13(2)10-11-14(12)3;;;;;/h12H,4-11H2,1-3H3;;4*1H/q;+3;;;;/p-3. The Morgan fingerprint density at radius 1 is 1.11 bits per heavy atom. The molecule has 0 aromatic carbocycles. The van der Waals surface area contributed by atoms with E-state index >= 15 is 0 Å². The molecule has 0 amide bonds. The lowest BCUT2D eigenvalue weighted by Gasteiger charge is -2.21. The van der Waals surface area contributed by atoms with Gasteiger partial charge in [-0.05, 0) is 13.5 Å². The molecular weight excluding hydrogens is 275 g/mol. The average Bonchev–Trinajstić information content (AvgIpc) is 2.57. The SMILES string of the molecule is CCCCCCCC1N(C)CC[NH+]1C.[F][Al-]([F])([F])[F]. The van der Waals surface area contributed by atoms with E-state index in [1.54, 1.807) is 4.90 Å². The van der Waals surface area contributed by atoms with E-state index in [0.29, 0.717) is 0 Å². The van der Waals surface area contributed by atoms with Crippen LogP contribution >= 0.6 is 0 Å². The van der Waals surface area contributed by atoms with Crippen LogP contribution in [0.25, 0.3) is 0 Å². The summed E-state index contributed by atoms with van der Waals surface area (Å²) >= 11 is -6.83. The number of quaternary nitrogens is 1. The van der Waals surface area contributed by atoms with Crippen LogP contribution in [0.2, 0.25) is 0 Å². The lowest BCUT2D eigenvalue weighted by atomic mass is 10.1. The molecule has 1 N–H and O–H groups in total. The maximum Gasteiger partial charge on any atom is 1.04 e. The second-order valence-corrected chi connectivity index (χ2v) is 6.28. The van der Waals surface area contributed by atoms with Gasteiger partial charge in [-0.1, -0.05) is 32.6 Å². The van der Waals surface area contributed by atoms with E-state index in [0.717, 1.165) is 6.17 Å². The average molecular weight is 302 g/mol. The van der Waals surface area contributed by atoms with Gasteiger partial charge in [0.05, 0.1) is 20.1 Å². The highest BCUT2D eigenvalue weighted by Gasteiger charge is 2.41. The van der Waals surface area contributed by atoms with Crippen molar-refractivity contribution in [3.8, 4) is 0 Å². The van der Waals surface area contributed by atoms with E-state index in [1.165, 1.54) is 51.6 Å². The van der Waals surface area contributed by atoms with Crippen LogP contribution in [0.3, 0.4) is 0 Å². The summed E-state index contributed by atoms with van der Waals surface area (Å²) in [7, 11) is 4.60. The molecule has 1 saturated heterocycles. The first-order valence-electron chi connectivity index (χ1n) is 7.15. The summed E-state index contributed by atoms with van der Waals surface area (Å²) in [6.45, 7) is 4.89. The Morgan fingerprint density at radius 3 is 2.05 bits per heavy atom. The van der Waals surface area contributed by atoms with Crippen LogP contribution < -0.4 is 4.90 Å². The topological polar surface area (TPSA) is 7.68 Å². The number of nitrogens with zero attached hydrogens (tertiary/aromatic N) is 1. The van der Waals surface area contributed by atoms with Crippen molar-refractivity contribution < 1.29 is 19.0 Å². The minimum Gasteiger partial charge on any atom is -0.510 e. The molecular formula is C12H27AlF4N2. The molecule has 2 unspecified atom stereocenters. The van der Waals surface area contributed by atoms with Crippen LogP contribution in [-0.4, -0.2) is 53.2 Å². The van der Waals surface area contributed by atoms with Gasteiger partial charge in [0, 0.05) is 6.42 Å². The zero-order valence-electron chi connectivity index (χ0n) is 12.3. The van der Waals surface area contributed by atoms with Gasteiger partial charge in [0.2, 0.25) is 0 Å². The van der Waals surface area contributed by atoms with Crippen molar-refractivity contribution in [2.24, 2.45) is 0 Å². The molecule has 0 spiro atoms. The van der Waals surface area contributed by atoms with Gasteiger partial charge >= 0.3 is 14.9 Å². The molecule has 116 valence electrons. The van der Waals surface area contributed by atoms with Gasteiger partial charge in [0.25, 0.3) is 0 Å². The number of halogens is 4. The van der Waals surface area contributed by atoms with E-state index in [1.807, 2.05) is 0 Å². The second-order valence-electron chi connectivity index (χ2n) is 5.29. The molecule has 19 heavy (non-hydrogen) atoms. The number of hydrogen-bond acceptors (Lipinski definition) is 1. The molecule has 0 aromatic rings. The lowest BCUT2D eigenvalue weighted by Crippen LogP contribution is -3.11. The number of likely N-dealkylation sites (N-methyl/N-ethyl adjacent to an activating group) is 2. The van der Waals surface area contributed by atoms with Crippen LogP contribution in [-0.2, 0) is 0 Å². The van der Waals surface area contributed by atoms with Gasteiger partial charge in [-0.3, -0.25) is 4.90 Å². The van der Waals surface area contributed by atoms with Crippen molar-refractivity contribution in [2.75, 3.05) is 27.2 Å². The molecule has 0 radical (unpaired) electrons. The van der Waals surface area contributed by atoms with Gasteiger partial charge in [-0.25, -0.2) is 0 Å². The monoisotopic (exact) mass is 302 g/mol. The largest absolute Gasteiger partial charge is 1.04 e. The highest BCUT2D eigenvalue weighted by molar-refractivity contribution is 6.50. The fourth-order valence-electron chi connectivity index (χ4n) is 2.46. The van der Waals surface area contributed by atoms with Crippen molar-refractivity contribution in [1.82, 2.24) is 4.90 Å². The summed E-state index contributed by atoms with van der Waals surface area (Å²) in [5.41, 5.74) is 0. The van der Waals surface area contributed by atoms with Crippen molar-refractivity contribution in [1.29, 1.82) is 0 Å². The molecule has 1 aliphatic rings. The smallest absolute Gasteiger partial charge is 0.510 e. The predicted octanol–water partition coefficient (Wildman–Crippen LogP) is 2.43. The molecule has 0 bridgehead atoms. The number of hydrogen-bond donors (Lipinski definition) is 1. The van der Waals surface area contributed by atoms with Crippen molar-refractivity contribution in [2.45, 2.75) is 51.6 Å². The minimum atomic E-state index is -6.83. The lowest BCUT2D eigenvalue weighted by molar-refractivity contribution is -0.898. The summed E-state index contributed by atoms with van der Waals surface area (Å²) in [4.78, 5) is 4.23. The molecule has 1 fully saturated rings. The summed E-state index contributed by atoms with van der Waals surface area (Å²) in [5.74, 6) is 0. The maximum atomic E-state index is 9.85. The van der Waals surface area contributed by atoms with Gasteiger partial charge in [-0.2, -0.15) is 0 Å². The van der Waals surface area contributed by atoms with E-state index < -0.39 is 14.9 Å². The van der Waals surface area contributed by atoms with Crippen molar-refractivity contribution in [3.63, 3.8) is 0 Å². The Labute approximate surface area is 118 Å². The Balaban J connectivity index is 0.000000555. The van der Waals surface area contributed by atoms with Gasteiger partial charge in [-0.15, -0.1) is 0 Å². The van der Waals surface area contributed by atoms with Gasteiger partial charge in [0.15, 0.2) is 0 Å². The third-order valence-corrected chi connectivity index (χ3v) is 3.54. The summed E-state index contributed by atoms with van der Waals surface area (Å²) in [6, 6.07) is 0. The van der Waals surface area contributed by atoms with Crippen LogP contribution in [0.5, 0.6) is 0 Å². The quantitative estimate of drug-likeness (QED) is 0.450. The highest BCUT2D eigenvalue weighted by Crippen LogP contribution is 2.09. The van der Waals surface area contributed by atoms with Gasteiger partial charge < -0.3 is 19.0 Å². The van der Waals surface area contributed by atoms with Crippen molar-refractivity contribution in [3.05, 3.63) is 0 Å². The molecule has 0 aromatic heterocycles. The first-order chi connectivity index (χ1) is 8.75. The van der Waals surface area contributed by atoms with Crippen LogP contribution in [0.1, 0.15) is 45.4 Å². The Kier molecular flexibility index (Phi) is 10.1. The zero-order valence-corrected chi connectivity index (χ0v) is 13.4. The minimum absolute atomic E-state index is 0.802. The second kappa shape index (κ2) is 9.98. The normalized spacial score (nSPS) is 24.2. The van der Waals surface area contributed by atoms with Crippen molar-refractivity contribution >= 4 is 14.9 Å². The molecule has 7 heteroatoms. The number of rotatable bonds is 6. The third kappa shape index (κ3) is 11.7. The molecule has 1 aliphatic heterocycles. The van der Waals surface area contributed by atoms with Crippen LogP contribution in [0.4, 0.5) is 14.1 Å². The van der Waals surface area contributed by atoms with Crippen LogP contribution in [0.15, 0.2) is 0 Å². The Bertz CT molecular complexity index is 210. The fraction of sp³-hybridized carbons (Fsp3) is 1.00. The summed E-state index contributed by atoms with van der Waals surface area (Å²) in [6.07, 6.45) is 9.27. The number of nitrogens with one attached hydrogen (secondary N) is 1. The molecule has 2 nitrogen and oxygen atoms in total. The first kappa shape index (κ1) is 19.2. The Morgan fingerprint density at radius 2 is 1.63 bits per heavy atom. The molecule has 1 rings (SSSR count). The summed E-state index contributed by atoms with van der Waals surface area (Å²) < 4.78 is 39.4. The predicted molar refractivity (Wildman–Crippen MR) is 71.7 cm³/mol. The van der Waals surface area contributed by atoms with E-state index in [-0.39, 0.29) is 0 Å². The third-order valence-electron chi connectivity index (χ3n) is 3.54. The Hall–Kier alpha value is 0.172. The molecule has 2 atom stereocenters.